The minimum atomic E-state index is -0.981. The summed E-state index contributed by atoms with van der Waals surface area (Å²) in [5.74, 6) is -1.48. The van der Waals surface area contributed by atoms with E-state index in [1.165, 1.54) is 6.92 Å². The number of likely N-dealkylation sites (tertiary alicyclic amines) is 2. The van der Waals surface area contributed by atoms with E-state index in [2.05, 4.69) is 0 Å². The van der Waals surface area contributed by atoms with Crippen LogP contribution >= 0.6 is 0 Å². The van der Waals surface area contributed by atoms with Gasteiger partial charge in [-0.15, -0.1) is 0 Å². The molecule has 1 aromatic rings. The lowest BCUT2D eigenvalue weighted by molar-refractivity contribution is -0.151. The number of benzene rings is 1. The van der Waals surface area contributed by atoms with E-state index in [0.717, 1.165) is 0 Å². The van der Waals surface area contributed by atoms with E-state index in [-0.39, 0.29) is 24.3 Å². The maximum atomic E-state index is 12.8. The monoisotopic (exact) mass is 355 g/mol. The summed E-state index contributed by atoms with van der Waals surface area (Å²) < 4.78 is 0. The highest BCUT2D eigenvalue weighted by Gasteiger charge is 2.54. The van der Waals surface area contributed by atoms with Crippen molar-refractivity contribution in [1.82, 2.24) is 9.80 Å². The summed E-state index contributed by atoms with van der Waals surface area (Å²) in [6.07, 6.45) is 1.03. The number of carboxylic acids is 1. The molecular formula is C19H21N3O4. The second-order valence-corrected chi connectivity index (χ2v) is 7.10. The number of carboxylic acid groups (broad SMARTS) is 1. The summed E-state index contributed by atoms with van der Waals surface area (Å²) in [6, 6.07) is 8.45. The van der Waals surface area contributed by atoms with Crippen LogP contribution in [0.2, 0.25) is 0 Å². The number of carbonyl (C=O) groups excluding carboxylic acids is 2. The molecule has 2 fully saturated rings. The van der Waals surface area contributed by atoms with Crippen LogP contribution < -0.4 is 0 Å². The standard InChI is InChI=1S/C19H21N3O4/c1-13(23)22-11-16-10-21(8-2-7-19(16,12-22)18(25)26)17(24)15-5-3-14(9-20)4-6-15/h3-6,16H,2,7-8,10-12H2,1H3,(H,25,26)/t16-,19-/m0/s1. The first-order valence-electron chi connectivity index (χ1n) is 8.66. The van der Waals surface area contributed by atoms with E-state index < -0.39 is 11.4 Å². The van der Waals surface area contributed by atoms with Gasteiger partial charge in [0.2, 0.25) is 5.91 Å². The third kappa shape index (κ3) is 3.03. The van der Waals surface area contributed by atoms with Crippen LogP contribution in [0.15, 0.2) is 24.3 Å². The molecule has 3 rings (SSSR count). The average Bonchev–Trinajstić information content (AvgIpc) is 2.91. The molecule has 2 saturated heterocycles. The Bertz CT molecular complexity index is 783. The highest BCUT2D eigenvalue weighted by Crippen LogP contribution is 2.43. The van der Waals surface area contributed by atoms with Crippen LogP contribution in [0.5, 0.6) is 0 Å². The summed E-state index contributed by atoms with van der Waals surface area (Å²) in [4.78, 5) is 39.9. The van der Waals surface area contributed by atoms with E-state index in [1.54, 1.807) is 34.1 Å². The predicted molar refractivity (Wildman–Crippen MR) is 92.1 cm³/mol. The number of nitrogens with zero attached hydrogens (tertiary/aromatic N) is 3. The highest BCUT2D eigenvalue weighted by atomic mass is 16.4. The van der Waals surface area contributed by atoms with Gasteiger partial charge < -0.3 is 14.9 Å². The number of rotatable bonds is 2. The zero-order valence-electron chi connectivity index (χ0n) is 14.6. The lowest BCUT2D eigenvalue weighted by atomic mass is 9.75. The Balaban J connectivity index is 1.84. The fourth-order valence-corrected chi connectivity index (χ4v) is 4.08. The zero-order chi connectivity index (χ0) is 18.9. The molecular weight excluding hydrogens is 334 g/mol. The van der Waals surface area contributed by atoms with E-state index in [1.807, 2.05) is 6.07 Å². The molecule has 2 atom stereocenters. The number of nitriles is 1. The summed E-state index contributed by atoms with van der Waals surface area (Å²) >= 11 is 0. The van der Waals surface area contributed by atoms with Gasteiger partial charge in [0.15, 0.2) is 0 Å². The summed E-state index contributed by atoms with van der Waals surface area (Å²) in [5.41, 5.74) is -0.0193. The van der Waals surface area contributed by atoms with E-state index in [9.17, 15) is 19.5 Å². The van der Waals surface area contributed by atoms with Crippen molar-refractivity contribution < 1.29 is 19.5 Å². The molecule has 2 heterocycles. The third-order valence-electron chi connectivity index (χ3n) is 5.61. The van der Waals surface area contributed by atoms with Crippen molar-refractivity contribution in [2.45, 2.75) is 19.8 Å². The normalized spacial score (nSPS) is 25.2. The summed E-state index contributed by atoms with van der Waals surface area (Å²) in [6.45, 7) is 2.82. The van der Waals surface area contributed by atoms with Crippen molar-refractivity contribution in [3.63, 3.8) is 0 Å². The van der Waals surface area contributed by atoms with Crippen molar-refractivity contribution in [2.24, 2.45) is 11.3 Å². The molecule has 0 radical (unpaired) electrons. The summed E-state index contributed by atoms with van der Waals surface area (Å²) in [7, 11) is 0. The molecule has 0 aliphatic carbocycles. The minimum absolute atomic E-state index is 0.135. The fourth-order valence-electron chi connectivity index (χ4n) is 4.08. The van der Waals surface area contributed by atoms with Crippen molar-refractivity contribution in [3.05, 3.63) is 35.4 Å². The van der Waals surface area contributed by atoms with Crippen LogP contribution in [0.4, 0.5) is 0 Å². The molecule has 7 heteroatoms. The minimum Gasteiger partial charge on any atom is -0.481 e. The van der Waals surface area contributed by atoms with Crippen LogP contribution in [0.1, 0.15) is 35.7 Å². The first kappa shape index (κ1) is 17.9. The second-order valence-electron chi connectivity index (χ2n) is 7.10. The van der Waals surface area contributed by atoms with Crippen molar-refractivity contribution in [3.8, 4) is 6.07 Å². The Morgan fingerprint density at radius 1 is 1.19 bits per heavy atom. The van der Waals surface area contributed by atoms with Gasteiger partial charge >= 0.3 is 5.97 Å². The Morgan fingerprint density at radius 3 is 2.42 bits per heavy atom. The number of amides is 2. The Hall–Kier alpha value is -2.88. The van der Waals surface area contributed by atoms with Gasteiger partial charge in [0.25, 0.3) is 5.91 Å². The largest absolute Gasteiger partial charge is 0.481 e. The maximum absolute atomic E-state index is 12.8. The fraction of sp³-hybridized carbons (Fsp3) is 0.474. The first-order chi connectivity index (χ1) is 12.4. The molecule has 2 amide bonds. The Kier molecular flexibility index (Phi) is 4.68. The number of fused-ring (bicyclic) bond motifs is 1. The Morgan fingerprint density at radius 2 is 1.85 bits per heavy atom. The van der Waals surface area contributed by atoms with E-state index in [0.29, 0.717) is 43.6 Å². The van der Waals surface area contributed by atoms with Gasteiger partial charge in [0.05, 0.1) is 17.0 Å². The molecule has 2 aliphatic heterocycles. The van der Waals surface area contributed by atoms with Crippen LogP contribution in [0.25, 0.3) is 0 Å². The van der Waals surface area contributed by atoms with Gasteiger partial charge in [-0.2, -0.15) is 5.26 Å². The SMILES string of the molecule is CC(=O)N1C[C@@H]2CN(C(=O)c3ccc(C#N)cc3)CCC[C@]2(C(=O)O)C1. The summed E-state index contributed by atoms with van der Waals surface area (Å²) in [5, 5.41) is 18.7. The van der Waals surface area contributed by atoms with E-state index >= 15 is 0 Å². The molecule has 26 heavy (non-hydrogen) atoms. The molecule has 1 N–H and O–H groups in total. The van der Waals surface area contributed by atoms with Crippen molar-refractivity contribution >= 4 is 17.8 Å². The molecule has 7 nitrogen and oxygen atoms in total. The highest BCUT2D eigenvalue weighted by molar-refractivity contribution is 5.94. The van der Waals surface area contributed by atoms with Gasteiger partial charge in [0.1, 0.15) is 0 Å². The van der Waals surface area contributed by atoms with Crippen LogP contribution in [0, 0.1) is 22.7 Å². The molecule has 136 valence electrons. The number of hydrogen-bond acceptors (Lipinski definition) is 4. The lowest BCUT2D eigenvalue weighted by Crippen LogP contribution is -2.42. The maximum Gasteiger partial charge on any atom is 0.311 e. The first-order valence-corrected chi connectivity index (χ1v) is 8.66. The number of carbonyl (C=O) groups is 3. The van der Waals surface area contributed by atoms with Gasteiger partial charge in [-0.05, 0) is 37.1 Å². The molecule has 1 aromatic carbocycles. The molecule has 0 saturated carbocycles. The quantitative estimate of drug-likeness (QED) is 0.863. The average molecular weight is 355 g/mol. The zero-order valence-corrected chi connectivity index (χ0v) is 14.6. The van der Waals surface area contributed by atoms with Gasteiger partial charge in [-0.25, -0.2) is 0 Å². The number of hydrogen-bond donors (Lipinski definition) is 1. The molecule has 2 aliphatic rings. The molecule has 0 aromatic heterocycles. The molecule has 0 unspecified atom stereocenters. The third-order valence-corrected chi connectivity index (χ3v) is 5.61. The molecule has 0 spiro atoms. The predicted octanol–water partition coefficient (Wildman–Crippen LogP) is 1.34. The topological polar surface area (TPSA) is 102 Å². The second kappa shape index (κ2) is 6.79. The van der Waals surface area contributed by atoms with Crippen LogP contribution in [-0.2, 0) is 9.59 Å². The Labute approximate surface area is 151 Å². The molecule has 0 bridgehead atoms. The van der Waals surface area contributed by atoms with Crippen molar-refractivity contribution in [1.29, 1.82) is 5.26 Å². The van der Waals surface area contributed by atoms with Gasteiger partial charge in [0, 0.05) is 44.6 Å². The van der Waals surface area contributed by atoms with Crippen LogP contribution in [0.3, 0.4) is 0 Å². The van der Waals surface area contributed by atoms with E-state index in [4.69, 9.17) is 5.26 Å². The number of aliphatic carboxylic acids is 1. The van der Waals surface area contributed by atoms with Gasteiger partial charge in [-0.3, -0.25) is 14.4 Å². The van der Waals surface area contributed by atoms with Crippen molar-refractivity contribution in [2.75, 3.05) is 26.2 Å². The lowest BCUT2D eigenvalue weighted by Gasteiger charge is -2.29. The van der Waals surface area contributed by atoms with Gasteiger partial charge in [-0.1, -0.05) is 0 Å². The van der Waals surface area contributed by atoms with Crippen LogP contribution in [-0.4, -0.2) is 58.9 Å². The smallest absolute Gasteiger partial charge is 0.311 e.